The summed E-state index contributed by atoms with van der Waals surface area (Å²) in [5, 5.41) is 3.32. The van der Waals surface area contributed by atoms with E-state index in [2.05, 4.69) is 5.32 Å². The lowest BCUT2D eigenvalue weighted by atomic mass is 9.92. The van der Waals surface area contributed by atoms with Gasteiger partial charge in [-0.3, -0.25) is 14.5 Å². The third-order valence-electron chi connectivity index (χ3n) is 5.53. The van der Waals surface area contributed by atoms with Crippen molar-refractivity contribution in [3.8, 4) is 0 Å². The number of imide groups is 1. The van der Waals surface area contributed by atoms with Crippen LogP contribution in [0.4, 0.5) is 4.79 Å². The minimum absolute atomic E-state index is 0.199. The zero-order valence-corrected chi connectivity index (χ0v) is 19.3. The first kappa shape index (κ1) is 22.9. The van der Waals surface area contributed by atoms with E-state index in [4.69, 9.17) is 27.6 Å². The molecule has 1 aliphatic rings. The predicted octanol–water partition coefficient (Wildman–Crippen LogP) is 4.58. The maximum absolute atomic E-state index is 13.3. The van der Waals surface area contributed by atoms with E-state index in [1.165, 1.54) is 12.3 Å². The fourth-order valence-corrected chi connectivity index (χ4v) is 4.38. The molecule has 0 radical (unpaired) electrons. The molecule has 9 heteroatoms. The van der Waals surface area contributed by atoms with Gasteiger partial charge in [0, 0.05) is 22.2 Å². The summed E-state index contributed by atoms with van der Waals surface area (Å²) in [4.78, 5) is 41.7. The SMILES string of the molecule is C[C@@]1(c2ccc(Cl)cc2Cl)NC(=O)N(CC(=O)N(Cc2ccccc2)Cc2ccco2)C1=O. The molecule has 0 aliphatic carbocycles. The van der Waals surface area contributed by atoms with Crippen LogP contribution < -0.4 is 5.32 Å². The van der Waals surface area contributed by atoms with E-state index in [0.29, 0.717) is 22.9 Å². The lowest BCUT2D eigenvalue weighted by molar-refractivity contribution is -0.139. The number of rotatable bonds is 7. The Morgan fingerprint density at radius 3 is 2.48 bits per heavy atom. The first-order valence-corrected chi connectivity index (χ1v) is 11.0. The molecule has 0 saturated carbocycles. The highest BCUT2D eigenvalue weighted by Crippen LogP contribution is 2.35. The largest absolute Gasteiger partial charge is 0.467 e. The third kappa shape index (κ3) is 4.74. The number of nitrogens with one attached hydrogen (secondary N) is 1. The average Bonchev–Trinajstić information content (AvgIpc) is 3.36. The van der Waals surface area contributed by atoms with Crippen molar-refractivity contribution in [1.82, 2.24) is 15.1 Å². The molecule has 1 saturated heterocycles. The van der Waals surface area contributed by atoms with Crippen molar-refractivity contribution in [1.29, 1.82) is 0 Å². The highest BCUT2D eigenvalue weighted by molar-refractivity contribution is 6.35. The number of benzene rings is 2. The molecule has 0 spiro atoms. The van der Waals surface area contributed by atoms with Crippen LogP contribution in [0.3, 0.4) is 0 Å². The highest BCUT2D eigenvalue weighted by atomic mass is 35.5. The topological polar surface area (TPSA) is 82.9 Å². The normalized spacial score (nSPS) is 17.8. The van der Waals surface area contributed by atoms with E-state index in [1.807, 2.05) is 30.3 Å². The van der Waals surface area contributed by atoms with Crippen molar-refractivity contribution < 1.29 is 18.8 Å². The molecule has 2 heterocycles. The lowest BCUT2D eigenvalue weighted by Crippen LogP contribution is -2.44. The van der Waals surface area contributed by atoms with Crippen LogP contribution in [0.1, 0.15) is 23.8 Å². The van der Waals surface area contributed by atoms with Crippen LogP contribution in [0.25, 0.3) is 0 Å². The minimum Gasteiger partial charge on any atom is -0.467 e. The lowest BCUT2D eigenvalue weighted by Gasteiger charge is -2.25. The molecule has 1 atom stereocenters. The van der Waals surface area contributed by atoms with Gasteiger partial charge in [-0.2, -0.15) is 0 Å². The molecule has 1 aromatic heterocycles. The molecule has 1 aliphatic heterocycles. The van der Waals surface area contributed by atoms with Crippen LogP contribution in [0, 0.1) is 0 Å². The Balaban J connectivity index is 1.55. The Kier molecular flexibility index (Phi) is 6.44. The summed E-state index contributed by atoms with van der Waals surface area (Å²) in [5.41, 5.74) is -0.101. The van der Waals surface area contributed by atoms with Crippen molar-refractivity contribution in [2.24, 2.45) is 0 Å². The first-order chi connectivity index (χ1) is 15.8. The minimum atomic E-state index is -1.41. The van der Waals surface area contributed by atoms with Crippen LogP contribution in [0.15, 0.2) is 71.3 Å². The quantitative estimate of drug-likeness (QED) is 0.496. The number of carbonyl (C=O) groups excluding carboxylic acids is 3. The van der Waals surface area contributed by atoms with E-state index in [1.54, 1.807) is 36.1 Å². The molecule has 1 N–H and O–H groups in total. The van der Waals surface area contributed by atoms with Crippen LogP contribution >= 0.6 is 23.2 Å². The number of carbonyl (C=O) groups is 3. The summed E-state index contributed by atoms with van der Waals surface area (Å²) < 4.78 is 5.40. The number of amides is 4. The maximum atomic E-state index is 13.3. The van der Waals surface area contributed by atoms with Crippen molar-refractivity contribution in [2.45, 2.75) is 25.6 Å². The molecule has 4 rings (SSSR count). The van der Waals surface area contributed by atoms with Crippen LogP contribution in [-0.4, -0.2) is 34.2 Å². The van der Waals surface area contributed by atoms with Crippen molar-refractivity contribution in [3.05, 3.63) is 93.9 Å². The average molecular weight is 486 g/mol. The van der Waals surface area contributed by atoms with Gasteiger partial charge >= 0.3 is 6.03 Å². The number of halogens is 2. The zero-order chi connectivity index (χ0) is 23.6. The molecule has 0 bridgehead atoms. The summed E-state index contributed by atoms with van der Waals surface area (Å²) in [6.45, 7) is 1.63. The van der Waals surface area contributed by atoms with E-state index in [0.717, 1.165) is 10.5 Å². The predicted molar refractivity (Wildman–Crippen MR) is 123 cm³/mol. The number of nitrogens with zero attached hydrogens (tertiary/aromatic N) is 2. The monoisotopic (exact) mass is 485 g/mol. The van der Waals surface area contributed by atoms with Gasteiger partial charge in [-0.15, -0.1) is 0 Å². The van der Waals surface area contributed by atoms with Gasteiger partial charge < -0.3 is 14.6 Å². The Morgan fingerprint density at radius 2 is 1.82 bits per heavy atom. The van der Waals surface area contributed by atoms with Gasteiger partial charge in [0.25, 0.3) is 5.91 Å². The fraction of sp³-hybridized carbons (Fsp3) is 0.208. The van der Waals surface area contributed by atoms with Crippen LogP contribution in [0.5, 0.6) is 0 Å². The Labute approximate surface area is 200 Å². The van der Waals surface area contributed by atoms with E-state index in [9.17, 15) is 14.4 Å². The highest BCUT2D eigenvalue weighted by Gasteiger charge is 2.50. The summed E-state index contributed by atoms with van der Waals surface area (Å²) in [5.74, 6) is -0.373. The van der Waals surface area contributed by atoms with Crippen molar-refractivity contribution >= 4 is 41.0 Å². The summed E-state index contributed by atoms with van der Waals surface area (Å²) in [6, 6.07) is 17.0. The molecule has 170 valence electrons. The van der Waals surface area contributed by atoms with E-state index >= 15 is 0 Å². The van der Waals surface area contributed by atoms with Gasteiger partial charge in [0.05, 0.1) is 12.8 Å². The van der Waals surface area contributed by atoms with Gasteiger partial charge in [0.1, 0.15) is 17.8 Å². The molecule has 1 fully saturated rings. The van der Waals surface area contributed by atoms with Crippen molar-refractivity contribution in [3.63, 3.8) is 0 Å². The second-order valence-electron chi connectivity index (χ2n) is 7.89. The van der Waals surface area contributed by atoms with Crippen molar-refractivity contribution in [2.75, 3.05) is 6.54 Å². The Hall–Kier alpha value is -3.29. The summed E-state index contributed by atoms with van der Waals surface area (Å²) >= 11 is 12.3. The Bertz CT molecular complexity index is 1180. The summed E-state index contributed by atoms with van der Waals surface area (Å²) in [7, 11) is 0. The number of furan rings is 1. The molecule has 3 aromatic rings. The molecule has 2 aromatic carbocycles. The third-order valence-corrected chi connectivity index (χ3v) is 6.08. The Morgan fingerprint density at radius 1 is 1.06 bits per heavy atom. The zero-order valence-electron chi connectivity index (χ0n) is 17.8. The molecular weight excluding hydrogens is 465 g/mol. The number of urea groups is 1. The second-order valence-corrected chi connectivity index (χ2v) is 8.73. The van der Waals surface area contributed by atoms with E-state index < -0.39 is 29.9 Å². The standard InChI is InChI=1S/C24H21Cl2N3O4/c1-24(19-10-9-17(25)12-20(19)26)22(31)29(23(32)27-24)15-21(30)28(14-18-8-5-11-33-18)13-16-6-3-2-4-7-16/h2-12H,13-15H2,1H3,(H,27,32)/t24-/m0/s1. The fourth-order valence-electron chi connectivity index (χ4n) is 3.78. The van der Waals surface area contributed by atoms with Gasteiger partial charge in [0.2, 0.25) is 5.91 Å². The smallest absolute Gasteiger partial charge is 0.325 e. The van der Waals surface area contributed by atoms with Gasteiger partial charge in [-0.1, -0.05) is 59.6 Å². The van der Waals surface area contributed by atoms with Crippen LogP contribution in [0.2, 0.25) is 10.0 Å². The van der Waals surface area contributed by atoms with Gasteiger partial charge in [0.15, 0.2) is 0 Å². The second kappa shape index (κ2) is 9.29. The van der Waals surface area contributed by atoms with Gasteiger partial charge in [-0.25, -0.2) is 4.79 Å². The maximum Gasteiger partial charge on any atom is 0.325 e. The molecule has 7 nitrogen and oxygen atoms in total. The molecule has 33 heavy (non-hydrogen) atoms. The first-order valence-electron chi connectivity index (χ1n) is 10.2. The van der Waals surface area contributed by atoms with Gasteiger partial charge in [-0.05, 0) is 36.8 Å². The molecule has 4 amide bonds. The van der Waals surface area contributed by atoms with E-state index in [-0.39, 0.29) is 11.6 Å². The molecule has 0 unspecified atom stereocenters. The molecular formula is C24H21Cl2N3O4. The van der Waals surface area contributed by atoms with Crippen LogP contribution in [-0.2, 0) is 28.2 Å². The number of hydrogen-bond donors (Lipinski definition) is 1. The number of hydrogen-bond acceptors (Lipinski definition) is 4. The summed E-state index contributed by atoms with van der Waals surface area (Å²) in [6.07, 6.45) is 1.53.